The van der Waals surface area contributed by atoms with Crippen LogP contribution >= 0.6 is 15.9 Å². The number of rotatable bonds is 7. The Labute approximate surface area is 142 Å². The lowest BCUT2D eigenvalue weighted by Crippen LogP contribution is -2.42. The number of hydrogen-bond donors (Lipinski definition) is 2. The summed E-state index contributed by atoms with van der Waals surface area (Å²) < 4.78 is 11.1. The van der Waals surface area contributed by atoms with Crippen LogP contribution < -0.4 is 15.4 Å². The number of nitrogens with one attached hydrogen (secondary N) is 2. The van der Waals surface area contributed by atoms with Gasteiger partial charge in [-0.3, -0.25) is 10.1 Å². The van der Waals surface area contributed by atoms with E-state index in [2.05, 4.69) is 26.6 Å². The molecule has 0 aliphatic carbocycles. The van der Waals surface area contributed by atoms with Crippen LogP contribution in [0.3, 0.4) is 0 Å². The number of amides is 3. The number of esters is 1. The zero-order valence-corrected chi connectivity index (χ0v) is 14.5. The lowest BCUT2D eigenvalue weighted by atomic mass is 10.3. The Balaban J connectivity index is 2.33. The molecule has 1 aromatic carbocycles. The number of urea groups is 1. The van der Waals surface area contributed by atoms with Crippen LogP contribution in [0.1, 0.15) is 20.3 Å². The van der Waals surface area contributed by atoms with Crippen molar-refractivity contribution in [3.63, 3.8) is 0 Å². The van der Waals surface area contributed by atoms with Gasteiger partial charge >= 0.3 is 12.0 Å². The molecule has 0 aromatic heterocycles. The fourth-order valence-corrected chi connectivity index (χ4v) is 1.73. The Kier molecular flexibility index (Phi) is 8.10. The van der Waals surface area contributed by atoms with E-state index in [0.29, 0.717) is 12.3 Å². The number of imide groups is 1. The Hall–Kier alpha value is -2.09. The molecule has 2 N–H and O–H groups in total. The average Bonchev–Trinajstić information content (AvgIpc) is 2.52. The second kappa shape index (κ2) is 9.83. The third kappa shape index (κ3) is 7.64. The molecule has 0 aliphatic heterocycles. The van der Waals surface area contributed by atoms with Gasteiger partial charge in [0.1, 0.15) is 5.75 Å². The van der Waals surface area contributed by atoms with E-state index in [0.717, 1.165) is 10.9 Å². The zero-order valence-electron chi connectivity index (χ0n) is 12.9. The summed E-state index contributed by atoms with van der Waals surface area (Å²) >= 11 is 3.29. The van der Waals surface area contributed by atoms with Gasteiger partial charge in [0.2, 0.25) is 0 Å². The molecule has 0 saturated carbocycles. The van der Waals surface area contributed by atoms with E-state index in [-0.39, 0.29) is 0 Å². The number of carbonyl (C=O) groups excluding carboxylic acids is 3. The van der Waals surface area contributed by atoms with E-state index in [9.17, 15) is 14.4 Å². The minimum atomic E-state index is -0.877. The van der Waals surface area contributed by atoms with Crippen molar-refractivity contribution in [2.24, 2.45) is 0 Å². The van der Waals surface area contributed by atoms with E-state index < -0.39 is 30.6 Å². The highest BCUT2D eigenvalue weighted by Crippen LogP contribution is 2.17. The van der Waals surface area contributed by atoms with Gasteiger partial charge in [-0.05, 0) is 37.6 Å². The van der Waals surface area contributed by atoms with E-state index in [1.807, 2.05) is 6.92 Å². The topological polar surface area (TPSA) is 93.7 Å². The first kappa shape index (κ1) is 19.0. The maximum atomic E-state index is 11.7. The fraction of sp³-hybridized carbons (Fsp3) is 0.400. The van der Waals surface area contributed by atoms with Gasteiger partial charge in [-0.2, -0.15) is 0 Å². The molecular formula is C15H19BrN2O5. The maximum Gasteiger partial charge on any atom is 0.347 e. The maximum absolute atomic E-state index is 11.7. The molecule has 126 valence electrons. The second-order valence-electron chi connectivity index (χ2n) is 4.63. The van der Waals surface area contributed by atoms with Crippen molar-refractivity contribution >= 4 is 33.8 Å². The van der Waals surface area contributed by atoms with Crippen LogP contribution in [0.25, 0.3) is 0 Å². The van der Waals surface area contributed by atoms with Crippen LogP contribution in [0.15, 0.2) is 28.7 Å². The van der Waals surface area contributed by atoms with Crippen molar-refractivity contribution in [2.45, 2.75) is 26.4 Å². The molecule has 1 aromatic rings. The number of benzene rings is 1. The van der Waals surface area contributed by atoms with Crippen LogP contribution in [0.2, 0.25) is 0 Å². The highest BCUT2D eigenvalue weighted by Gasteiger charge is 2.18. The van der Waals surface area contributed by atoms with Crippen molar-refractivity contribution in [1.29, 1.82) is 0 Å². The Bertz CT molecular complexity index is 547. The van der Waals surface area contributed by atoms with Crippen LogP contribution in [-0.2, 0) is 14.3 Å². The number of ether oxygens (including phenoxy) is 2. The molecule has 0 radical (unpaired) electrons. The van der Waals surface area contributed by atoms with Gasteiger partial charge in [-0.1, -0.05) is 22.9 Å². The highest BCUT2D eigenvalue weighted by atomic mass is 79.9. The highest BCUT2D eigenvalue weighted by molar-refractivity contribution is 9.10. The normalized spacial score (nSPS) is 11.3. The molecule has 7 nitrogen and oxygen atoms in total. The summed E-state index contributed by atoms with van der Waals surface area (Å²) in [4.78, 5) is 34.4. The van der Waals surface area contributed by atoms with E-state index in [4.69, 9.17) is 9.47 Å². The molecule has 0 spiro atoms. The van der Waals surface area contributed by atoms with E-state index in [1.54, 1.807) is 24.3 Å². The molecule has 0 aliphatic rings. The van der Waals surface area contributed by atoms with Crippen LogP contribution in [0.5, 0.6) is 5.75 Å². The Morgan fingerprint density at radius 2 is 1.87 bits per heavy atom. The largest absolute Gasteiger partial charge is 0.479 e. The van der Waals surface area contributed by atoms with E-state index in [1.165, 1.54) is 6.92 Å². The first-order chi connectivity index (χ1) is 10.9. The number of halogens is 1. The minimum absolute atomic E-state index is 0.455. The van der Waals surface area contributed by atoms with Gasteiger partial charge in [0.15, 0.2) is 12.7 Å². The molecule has 23 heavy (non-hydrogen) atoms. The van der Waals surface area contributed by atoms with Crippen LogP contribution in [0.4, 0.5) is 4.79 Å². The SMILES string of the molecule is CCCNC(=O)NC(=O)COC(=O)[C@@H](C)Oc1ccc(Br)cc1. The molecule has 3 amide bonds. The predicted molar refractivity (Wildman–Crippen MR) is 87.0 cm³/mol. The molecule has 1 rings (SSSR count). The first-order valence-electron chi connectivity index (χ1n) is 7.09. The van der Waals surface area contributed by atoms with Gasteiger partial charge in [-0.25, -0.2) is 9.59 Å². The molecular weight excluding hydrogens is 368 g/mol. The Morgan fingerprint density at radius 1 is 1.22 bits per heavy atom. The van der Waals surface area contributed by atoms with Gasteiger partial charge < -0.3 is 14.8 Å². The van der Waals surface area contributed by atoms with Crippen molar-refractivity contribution in [2.75, 3.05) is 13.2 Å². The summed E-state index contributed by atoms with van der Waals surface area (Å²) in [5.41, 5.74) is 0. The summed E-state index contributed by atoms with van der Waals surface area (Å²) in [6, 6.07) is 6.31. The molecule has 8 heteroatoms. The Morgan fingerprint density at radius 3 is 2.48 bits per heavy atom. The molecule has 1 atom stereocenters. The summed E-state index contributed by atoms with van der Waals surface area (Å²) in [6.07, 6.45) is -0.125. The molecule has 0 heterocycles. The quantitative estimate of drug-likeness (QED) is 0.698. The number of carbonyl (C=O) groups is 3. The second-order valence-corrected chi connectivity index (χ2v) is 5.54. The predicted octanol–water partition coefficient (Wildman–Crippen LogP) is 2.00. The third-order valence-electron chi connectivity index (χ3n) is 2.59. The van der Waals surface area contributed by atoms with Gasteiger partial charge in [0.25, 0.3) is 5.91 Å². The van der Waals surface area contributed by atoms with Crippen molar-refractivity contribution in [3.8, 4) is 5.75 Å². The smallest absolute Gasteiger partial charge is 0.347 e. The zero-order chi connectivity index (χ0) is 17.2. The fourth-order valence-electron chi connectivity index (χ4n) is 1.46. The summed E-state index contributed by atoms with van der Waals surface area (Å²) in [5, 5.41) is 4.52. The summed E-state index contributed by atoms with van der Waals surface area (Å²) in [5.74, 6) is -0.902. The minimum Gasteiger partial charge on any atom is -0.479 e. The molecule has 0 unspecified atom stereocenters. The van der Waals surface area contributed by atoms with Crippen LogP contribution in [-0.4, -0.2) is 37.2 Å². The molecule has 0 saturated heterocycles. The average molecular weight is 387 g/mol. The monoisotopic (exact) mass is 386 g/mol. The van der Waals surface area contributed by atoms with Crippen molar-refractivity contribution < 1.29 is 23.9 Å². The first-order valence-corrected chi connectivity index (χ1v) is 7.88. The van der Waals surface area contributed by atoms with Crippen molar-refractivity contribution in [3.05, 3.63) is 28.7 Å². The summed E-state index contributed by atoms with van der Waals surface area (Å²) in [7, 11) is 0. The third-order valence-corrected chi connectivity index (χ3v) is 3.12. The molecule has 0 fully saturated rings. The lowest BCUT2D eigenvalue weighted by molar-refractivity contribution is -0.154. The van der Waals surface area contributed by atoms with Gasteiger partial charge in [-0.15, -0.1) is 0 Å². The van der Waals surface area contributed by atoms with Crippen LogP contribution in [0, 0.1) is 0 Å². The standard InChI is InChI=1S/C15H19BrN2O5/c1-3-8-17-15(21)18-13(19)9-22-14(20)10(2)23-12-6-4-11(16)5-7-12/h4-7,10H,3,8-9H2,1-2H3,(H2,17,18,19,21)/t10-/m1/s1. The van der Waals surface area contributed by atoms with Gasteiger partial charge in [0, 0.05) is 11.0 Å². The lowest BCUT2D eigenvalue weighted by Gasteiger charge is -2.14. The van der Waals surface area contributed by atoms with E-state index >= 15 is 0 Å². The molecule has 0 bridgehead atoms. The van der Waals surface area contributed by atoms with Gasteiger partial charge in [0.05, 0.1) is 0 Å². The number of hydrogen-bond acceptors (Lipinski definition) is 5. The van der Waals surface area contributed by atoms with Crippen molar-refractivity contribution in [1.82, 2.24) is 10.6 Å². The summed E-state index contributed by atoms with van der Waals surface area (Å²) in [6.45, 7) is 3.30.